The average molecular weight is 300 g/mol. The van der Waals surface area contributed by atoms with Gasteiger partial charge in [-0.2, -0.15) is 5.10 Å². The Kier molecular flexibility index (Phi) is 4.51. The zero-order valence-electron chi connectivity index (χ0n) is 12.2. The van der Waals surface area contributed by atoms with Gasteiger partial charge in [0.2, 0.25) is 10.0 Å². The third-order valence-electron chi connectivity index (χ3n) is 3.94. The molecule has 1 heterocycles. The minimum atomic E-state index is -3.47. The topological polar surface area (TPSA) is 90.0 Å². The van der Waals surface area contributed by atoms with Gasteiger partial charge in [-0.05, 0) is 31.1 Å². The molecule has 0 aliphatic heterocycles. The van der Waals surface area contributed by atoms with Crippen LogP contribution in [0.5, 0.6) is 0 Å². The van der Waals surface area contributed by atoms with Crippen molar-refractivity contribution in [1.29, 1.82) is 0 Å². The number of hydrogen-bond acceptors (Lipinski definition) is 4. The highest BCUT2D eigenvalue weighted by Crippen LogP contribution is 2.35. The molecular formula is C13H24N4O2S. The van der Waals surface area contributed by atoms with Gasteiger partial charge >= 0.3 is 0 Å². The Morgan fingerprint density at radius 2 is 2.10 bits per heavy atom. The predicted octanol–water partition coefficient (Wildman–Crippen LogP) is 1.09. The summed E-state index contributed by atoms with van der Waals surface area (Å²) in [6.07, 6.45) is 6.79. The van der Waals surface area contributed by atoms with E-state index in [1.54, 1.807) is 4.68 Å². The Balaban J connectivity index is 2.00. The van der Waals surface area contributed by atoms with Crippen LogP contribution in [0.15, 0.2) is 17.3 Å². The van der Waals surface area contributed by atoms with Crippen molar-refractivity contribution < 1.29 is 8.42 Å². The number of nitrogens with two attached hydrogens (primary N) is 1. The predicted molar refractivity (Wildman–Crippen MR) is 77.6 cm³/mol. The zero-order valence-corrected chi connectivity index (χ0v) is 13.0. The minimum absolute atomic E-state index is 0.0332. The van der Waals surface area contributed by atoms with Crippen molar-refractivity contribution in [2.24, 2.45) is 11.1 Å². The molecule has 0 unspecified atom stereocenters. The standard InChI is InChI=1S/C13H24N4O2S/c1-13(2)5-3-11(4-6-13)16-20(18,19)12-9-15-17(10-12)8-7-14/h9-11,16H,3-8,14H2,1-2H3. The summed E-state index contributed by atoms with van der Waals surface area (Å²) in [6, 6.07) is 0.0332. The molecule has 1 aromatic heterocycles. The quantitative estimate of drug-likeness (QED) is 0.851. The van der Waals surface area contributed by atoms with Crippen molar-refractivity contribution in [2.75, 3.05) is 6.54 Å². The lowest BCUT2D eigenvalue weighted by Crippen LogP contribution is -2.39. The van der Waals surface area contributed by atoms with Crippen molar-refractivity contribution in [2.45, 2.75) is 57.0 Å². The average Bonchev–Trinajstić information content (AvgIpc) is 2.82. The van der Waals surface area contributed by atoms with E-state index in [0.717, 1.165) is 25.7 Å². The first-order chi connectivity index (χ1) is 9.32. The molecule has 7 heteroatoms. The van der Waals surface area contributed by atoms with Gasteiger partial charge in [0.1, 0.15) is 4.90 Å². The van der Waals surface area contributed by atoms with Crippen molar-refractivity contribution in [3.05, 3.63) is 12.4 Å². The summed E-state index contributed by atoms with van der Waals surface area (Å²) in [5.41, 5.74) is 5.76. The van der Waals surface area contributed by atoms with E-state index in [0.29, 0.717) is 18.5 Å². The lowest BCUT2D eigenvalue weighted by Gasteiger charge is -2.34. The zero-order chi connectivity index (χ0) is 14.8. The van der Waals surface area contributed by atoms with Crippen molar-refractivity contribution >= 4 is 10.0 Å². The summed E-state index contributed by atoms with van der Waals surface area (Å²) in [5, 5.41) is 4.01. The van der Waals surface area contributed by atoms with E-state index >= 15 is 0 Å². The van der Waals surface area contributed by atoms with Crippen LogP contribution >= 0.6 is 0 Å². The van der Waals surface area contributed by atoms with E-state index in [2.05, 4.69) is 23.7 Å². The molecule has 1 fully saturated rings. The molecule has 3 N–H and O–H groups in total. The summed E-state index contributed by atoms with van der Waals surface area (Å²) in [7, 11) is -3.47. The van der Waals surface area contributed by atoms with Gasteiger partial charge in [0.25, 0.3) is 0 Å². The molecule has 1 aromatic rings. The molecule has 1 aliphatic carbocycles. The Morgan fingerprint density at radius 3 is 2.70 bits per heavy atom. The van der Waals surface area contributed by atoms with Crippen molar-refractivity contribution in [1.82, 2.24) is 14.5 Å². The highest BCUT2D eigenvalue weighted by molar-refractivity contribution is 7.89. The Labute approximate surface area is 120 Å². The van der Waals surface area contributed by atoms with Crippen LogP contribution in [0.3, 0.4) is 0 Å². The first-order valence-electron chi connectivity index (χ1n) is 7.07. The van der Waals surface area contributed by atoms with Crippen molar-refractivity contribution in [3.63, 3.8) is 0 Å². The molecule has 0 atom stereocenters. The van der Waals surface area contributed by atoms with Gasteiger partial charge in [0, 0.05) is 18.8 Å². The molecule has 0 radical (unpaired) electrons. The van der Waals surface area contributed by atoms with E-state index in [1.807, 2.05) is 0 Å². The van der Waals surface area contributed by atoms with Gasteiger partial charge in [-0.1, -0.05) is 13.8 Å². The van der Waals surface area contributed by atoms with Crippen LogP contribution in [0.1, 0.15) is 39.5 Å². The Morgan fingerprint density at radius 1 is 1.45 bits per heavy atom. The van der Waals surface area contributed by atoms with E-state index in [9.17, 15) is 8.42 Å². The fourth-order valence-corrected chi connectivity index (χ4v) is 3.80. The third kappa shape index (κ3) is 3.80. The third-order valence-corrected chi connectivity index (χ3v) is 5.41. The maximum Gasteiger partial charge on any atom is 0.243 e. The van der Waals surface area contributed by atoms with Crippen LogP contribution in [-0.4, -0.2) is 30.8 Å². The van der Waals surface area contributed by atoms with Crippen LogP contribution in [0.4, 0.5) is 0 Å². The number of hydrogen-bond donors (Lipinski definition) is 2. The molecule has 1 saturated carbocycles. The molecule has 0 amide bonds. The molecule has 114 valence electrons. The molecule has 6 nitrogen and oxygen atoms in total. The van der Waals surface area contributed by atoms with Gasteiger partial charge in [-0.25, -0.2) is 13.1 Å². The van der Waals surface area contributed by atoms with Crippen LogP contribution in [0.25, 0.3) is 0 Å². The van der Waals surface area contributed by atoms with Crippen LogP contribution in [0.2, 0.25) is 0 Å². The number of aromatic nitrogens is 2. The van der Waals surface area contributed by atoms with E-state index < -0.39 is 10.0 Å². The van der Waals surface area contributed by atoms with Gasteiger partial charge in [0.05, 0.1) is 12.7 Å². The molecule has 0 aromatic carbocycles. The second-order valence-electron chi connectivity index (χ2n) is 6.29. The first kappa shape index (κ1) is 15.5. The van der Waals surface area contributed by atoms with E-state index in [4.69, 9.17) is 5.73 Å². The van der Waals surface area contributed by atoms with Crippen molar-refractivity contribution in [3.8, 4) is 0 Å². The van der Waals surface area contributed by atoms with Gasteiger partial charge in [-0.3, -0.25) is 4.68 Å². The molecule has 0 spiro atoms. The second-order valence-corrected chi connectivity index (χ2v) is 8.00. The van der Waals surface area contributed by atoms with Crippen LogP contribution < -0.4 is 10.5 Å². The summed E-state index contributed by atoms with van der Waals surface area (Å²) in [4.78, 5) is 0.218. The Hall–Kier alpha value is -0.920. The molecule has 2 rings (SSSR count). The number of sulfonamides is 1. The number of nitrogens with one attached hydrogen (secondary N) is 1. The lowest BCUT2D eigenvalue weighted by molar-refractivity contribution is 0.218. The molecular weight excluding hydrogens is 276 g/mol. The summed E-state index contributed by atoms with van der Waals surface area (Å²) >= 11 is 0. The lowest BCUT2D eigenvalue weighted by atomic mass is 9.76. The minimum Gasteiger partial charge on any atom is -0.329 e. The molecule has 20 heavy (non-hydrogen) atoms. The van der Waals surface area contributed by atoms with E-state index in [-0.39, 0.29) is 10.9 Å². The molecule has 1 aliphatic rings. The SMILES string of the molecule is CC1(C)CCC(NS(=O)(=O)c2cnn(CCN)c2)CC1. The van der Waals surface area contributed by atoms with Gasteiger partial charge in [0.15, 0.2) is 0 Å². The molecule has 0 saturated heterocycles. The number of nitrogens with zero attached hydrogens (tertiary/aromatic N) is 2. The summed E-state index contributed by atoms with van der Waals surface area (Å²) in [6.45, 7) is 5.42. The summed E-state index contributed by atoms with van der Waals surface area (Å²) in [5.74, 6) is 0. The fourth-order valence-electron chi connectivity index (χ4n) is 2.54. The largest absolute Gasteiger partial charge is 0.329 e. The second kappa shape index (κ2) is 5.83. The molecule has 0 bridgehead atoms. The van der Waals surface area contributed by atoms with Gasteiger partial charge in [-0.15, -0.1) is 0 Å². The van der Waals surface area contributed by atoms with E-state index in [1.165, 1.54) is 12.4 Å². The van der Waals surface area contributed by atoms with Gasteiger partial charge < -0.3 is 5.73 Å². The highest BCUT2D eigenvalue weighted by Gasteiger charge is 2.29. The van der Waals surface area contributed by atoms with Crippen LogP contribution in [-0.2, 0) is 16.6 Å². The maximum absolute atomic E-state index is 12.3. The fraction of sp³-hybridized carbons (Fsp3) is 0.769. The van der Waals surface area contributed by atoms with Crippen LogP contribution in [0, 0.1) is 5.41 Å². The smallest absolute Gasteiger partial charge is 0.243 e. The Bertz CT molecular complexity index is 540. The summed E-state index contributed by atoms with van der Waals surface area (Å²) < 4.78 is 28.9. The highest BCUT2D eigenvalue weighted by atomic mass is 32.2. The monoisotopic (exact) mass is 300 g/mol. The normalized spacial score (nSPS) is 20.1. The number of rotatable bonds is 5. The first-order valence-corrected chi connectivity index (χ1v) is 8.56. The maximum atomic E-state index is 12.3.